The van der Waals surface area contributed by atoms with Crippen LogP contribution in [-0.2, 0) is 0 Å². The average Bonchev–Trinajstić information content (AvgIpc) is 2.63. The van der Waals surface area contributed by atoms with E-state index in [-0.39, 0.29) is 6.17 Å². The van der Waals surface area contributed by atoms with Crippen LogP contribution in [0.4, 0.5) is 0 Å². The van der Waals surface area contributed by atoms with Gasteiger partial charge in [0, 0.05) is 11.0 Å². The molecule has 0 bridgehead atoms. The predicted molar refractivity (Wildman–Crippen MR) is 71.2 cm³/mol. The lowest BCUT2D eigenvalue weighted by atomic mass is 10.1. The van der Waals surface area contributed by atoms with E-state index < -0.39 is 0 Å². The standard InChI is InChI=1S/C11H10BrN3S/c1-2-7-15-10(13-14-11(15)16)8-3-5-9(12)6-4-8/h2-6,10H,1,7H2. The van der Waals surface area contributed by atoms with Gasteiger partial charge in [-0.25, -0.2) is 0 Å². The third kappa shape index (κ3) is 2.20. The highest BCUT2D eigenvalue weighted by Crippen LogP contribution is 2.29. The molecule has 82 valence electrons. The molecule has 0 amide bonds. The summed E-state index contributed by atoms with van der Waals surface area (Å²) in [6.45, 7) is 4.37. The fraction of sp³-hybridized carbons (Fsp3) is 0.182. The summed E-state index contributed by atoms with van der Waals surface area (Å²) >= 11 is 8.52. The summed E-state index contributed by atoms with van der Waals surface area (Å²) in [5.41, 5.74) is 1.08. The smallest absolute Gasteiger partial charge is 0.218 e. The number of hydrogen-bond donors (Lipinski definition) is 0. The van der Waals surface area contributed by atoms with Crippen LogP contribution >= 0.6 is 28.1 Å². The van der Waals surface area contributed by atoms with Crippen molar-refractivity contribution in [1.29, 1.82) is 0 Å². The van der Waals surface area contributed by atoms with Gasteiger partial charge in [-0.1, -0.05) is 34.1 Å². The summed E-state index contributed by atoms with van der Waals surface area (Å²) in [5, 5.41) is 8.62. The lowest BCUT2D eigenvalue weighted by Crippen LogP contribution is -2.27. The number of nitrogens with zero attached hydrogens (tertiary/aromatic N) is 3. The van der Waals surface area contributed by atoms with E-state index >= 15 is 0 Å². The van der Waals surface area contributed by atoms with Gasteiger partial charge in [0.05, 0.1) is 0 Å². The Kier molecular flexibility index (Phi) is 3.46. The van der Waals surface area contributed by atoms with E-state index in [0.29, 0.717) is 11.7 Å². The summed E-state index contributed by atoms with van der Waals surface area (Å²) < 4.78 is 1.05. The van der Waals surface area contributed by atoms with Gasteiger partial charge in [0.15, 0.2) is 6.17 Å². The topological polar surface area (TPSA) is 28.0 Å². The van der Waals surface area contributed by atoms with Crippen LogP contribution in [0.25, 0.3) is 0 Å². The molecule has 2 rings (SSSR count). The van der Waals surface area contributed by atoms with Crippen LogP contribution < -0.4 is 0 Å². The van der Waals surface area contributed by atoms with E-state index in [9.17, 15) is 0 Å². The maximum absolute atomic E-state index is 5.12. The van der Waals surface area contributed by atoms with Gasteiger partial charge >= 0.3 is 0 Å². The van der Waals surface area contributed by atoms with E-state index in [1.165, 1.54) is 0 Å². The molecule has 1 aliphatic rings. The molecule has 5 heteroatoms. The maximum atomic E-state index is 5.12. The van der Waals surface area contributed by atoms with Crippen molar-refractivity contribution in [2.45, 2.75) is 6.17 Å². The molecule has 1 unspecified atom stereocenters. The van der Waals surface area contributed by atoms with Crippen molar-refractivity contribution >= 4 is 33.3 Å². The third-order valence-electron chi connectivity index (χ3n) is 2.29. The summed E-state index contributed by atoms with van der Waals surface area (Å²) in [5.74, 6) is 0. The third-order valence-corrected chi connectivity index (χ3v) is 3.13. The number of halogens is 1. The molecule has 1 aromatic rings. The normalized spacial score (nSPS) is 19.2. The fourth-order valence-corrected chi connectivity index (χ4v) is 2.01. The Hall–Kier alpha value is -1.07. The van der Waals surface area contributed by atoms with Crippen LogP contribution in [-0.4, -0.2) is 16.6 Å². The summed E-state index contributed by atoms with van der Waals surface area (Å²) in [6.07, 6.45) is 1.69. The number of azo groups is 1. The van der Waals surface area contributed by atoms with Crippen molar-refractivity contribution in [2.75, 3.05) is 6.54 Å². The highest BCUT2D eigenvalue weighted by atomic mass is 79.9. The van der Waals surface area contributed by atoms with Crippen molar-refractivity contribution in [3.63, 3.8) is 0 Å². The highest BCUT2D eigenvalue weighted by molar-refractivity contribution is 9.10. The van der Waals surface area contributed by atoms with Crippen molar-refractivity contribution in [3.05, 3.63) is 47.0 Å². The van der Waals surface area contributed by atoms with Gasteiger partial charge in [-0.15, -0.1) is 11.7 Å². The zero-order chi connectivity index (χ0) is 11.5. The van der Waals surface area contributed by atoms with E-state index in [2.05, 4.69) is 32.7 Å². The Balaban J connectivity index is 2.26. The highest BCUT2D eigenvalue weighted by Gasteiger charge is 2.26. The van der Waals surface area contributed by atoms with Gasteiger partial charge in [-0.3, -0.25) is 0 Å². The maximum Gasteiger partial charge on any atom is 0.218 e. The second kappa shape index (κ2) is 4.84. The van der Waals surface area contributed by atoms with Crippen molar-refractivity contribution in [3.8, 4) is 0 Å². The Morgan fingerprint density at radius 3 is 2.75 bits per heavy atom. The summed E-state index contributed by atoms with van der Waals surface area (Å²) in [7, 11) is 0. The largest absolute Gasteiger partial charge is 0.315 e. The molecule has 0 aromatic heterocycles. The molecule has 0 saturated carbocycles. The SMILES string of the molecule is C=CCN1C(=S)N=NC1c1ccc(Br)cc1. The molecule has 0 fully saturated rings. The van der Waals surface area contributed by atoms with Gasteiger partial charge in [0.2, 0.25) is 5.11 Å². The first kappa shape index (κ1) is 11.4. The molecule has 16 heavy (non-hydrogen) atoms. The summed E-state index contributed by atoms with van der Waals surface area (Å²) in [6, 6.07) is 7.99. The van der Waals surface area contributed by atoms with Gasteiger partial charge in [0.1, 0.15) is 0 Å². The van der Waals surface area contributed by atoms with Crippen LogP contribution in [0.2, 0.25) is 0 Å². The Bertz CT molecular complexity index is 441. The van der Waals surface area contributed by atoms with Crippen molar-refractivity contribution < 1.29 is 0 Å². The van der Waals surface area contributed by atoms with Crippen LogP contribution in [0.1, 0.15) is 11.7 Å². The van der Waals surface area contributed by atoms with Gasteiger partial charge in [0.25, 0.3) is 0 Å². The van der Waals surface area contributed by atoms with Crippen LogP contribution in [0.15, 0.2) is 51.6 Å². The minimum atomic E-state index is -0.112. The molecule has 0 spiro atoms. The Morgan fingerprint density at radius 1 is 1.44 bits per heavy atom. The Labute approximate surface area is 108 Å². The van der Waals surface area contributed by atoms with Crippen LogP contribution in [0.3, 0.4) is 0 Å². The molecule has 1 heterocycles. The number of hydrogen-bond acceptors (Lipinski definition) is 2. The minimum Gasteiger partial charge on any atom is -0.315 e. The first-order valence-electron chi connectivity index (χ1n) is 4.80. The van der Waals surface area contributed by atoms with Crippen LogP contribution in [0, 0.1) is 0 Å². The molecule has 1 atom stereocenters. The lowest BCUT2D eigenvalue weighted by Gasteiger charge is -2.21. The minimum absolute atomic E-state index is 0.112. The van der Waals surface area contributed by atoms with Gasteiger partial charge in [-0.2, -0.15) is 5.11 Å². The molecule has 0 saturated heterocycles. The number of benzene rings is 1. The molecule has 0 aliphatic carbocycles. The second-order valence-electron chi connectivity index (χ2n) is 3.36. The first-order valence-corrected chi connectivity index (χ1v) is 6.00. The van der Waals surface area contributed by atoms with Gasteiger partial charge in [-0.05, 0) is 29.9 Å². The van der Waals surface area contributed by atoms with Crippen molar-refractivity contribution in [2.24, 2.45) is 10.2 Å². The monoisotopic (exact) mass is 295 g/mol. The first-order chi connectivity index (χ1) is 7.72. The quantitative estimate of drug-likeness (QED) is 0.628. The average molecular weight is 296 g/mol. The molecule has 0 radical (unpaired) electrons. The second-order valence-corrected chi connectivity index (χ2v) is 4.65. The predicted octanol–water partition coefficient (Wildman–Crippen LogP) is 3.69. The molecular weight excluding hydrogens is 286 g/mol. The molecule has 0 N–H and O–H groups in total. The number of rotatable bonds is 3. The summed E-state index contributed by atoms with van der Waals surface area (Å²) in [4.78, 5) is 1.94. The molecule has 3 nitrogen and oxygen atoms in total. The lowest BCUT2D eigenvalue weighted by molar-refractivity contribution is 0.380. The van der Waals surface area contributed by atoms with E-state index in [4.69, 9.17) is 12.2 Å². The fourth-order valence-electron chi connectivity index (χ4n) is 1.53. The number of thiocarbonyl (C=S) groups is 1. The van der Waals surface area contributed by atoms with Crippen molar-refractivity contribution in [1.82, 2.24) is 4.90 Å². The Morgan fingerprint density at radius 2 is 2.12 bits per heavy atom. The zero-order valence-corrected chi connectivity index (χ0v) is 10.9. The van der Waals surface area contributed by atoms with Gasteiger partial charge < -0.3 is 4.90 Å². The van der Waals surface area contributed by atoms with Crippen LogP contribution in [0.5, 0.6) is 0 Å². The molecular formula is C11H10BrN3S. The van der Waals surface area contributed by atoms with E-state index in [0.717, 1.165) is 10.0 Å². The van der Waals surface area contributed by atoms with E-state index in [1.807, 2.05) is 29.2 Å². The van der Waals surface area contributed by atoms with E-state index in [1.54, 1.807) is 6.08 Å². The zero-order valence-electron chi connectivity index (χ0n) is 8.51. The molecule has 1 aliphatic heterocycles. The molecule has 1 aromatic carbocycles.